The Balaban J connectivity index is 1.94. The standard InChI is InChI=1S/C24H22Cl2FNOS/c1-24(2,3)28-23(30)16-10-13-21(20(27)14-16)29-22(15-8-11-17(25)12-9-15)18-6-4-5-7-19(18)26/h4-14,22H,1-3H3,(H,28,30). The van der Waals surface area contributed by atoms with E-state index in [0.29, 0.717) is 20.6 Å². The molecule has 1 atom stereocenters. The van der Waals surface area contributed by atoms with Crippen LogP contribution in [-0.4, -0.2) is 10.5 Å². The van der Waals surface area contributed by atoms with Crippen LogP contribution in [0.3, 0.4) is 0 Å². The van der Waals surface area contributed by atoms with Gasteiger partial charge in [-0.15, -0.1) is 0 Å². The molecule has 0 amide bonds. The molecule has 3 aromatic carbocycles. The van der Waals surface area contributed by atoms with E-state index in [1.807, 2.05) is 51.1 Å². The van der Waals surface area contributed by atoms with Gasteiger partial charge in [-0.25, -0.2) is 4.39 Å². The topological polar surface area (TPSA) is 21.3 Å². The summed E-state index contributed by atoms with van der Waals surface area (Å²) in [5.74, 6) is -0.395. The maximum Gasteiger partial charge on any atom is 0.165 e. The molecule has 3 rings (SSSR count). The summed E-state index contributed by atoms with van der Waals surface area (Å²) >= 11 is 17.8. The number of rotatable bonds is 5. The lowest BCUT2D eigenvalue weighted by Crippen LogP contribution is -2.40. The Morgan fingerprint density at radius 2 is 1.67 bits per heavy atom. The SMILES string of the molecule is CC(C)(C)NC(=S)c1ccc(OC(c2ccc(Cl)cc2)c2ccccc2Cl)c(F)c1. The van der Waals surface area contributed by atoms with Crippen LogP contribution in [0, 0.1) is 5.82 Å². The van der Waals surface area contributed by atoms with Crippen molar-refractivity contribution in [1.29, 1.82) is 0 Å². The second-order valence-electron chi connectivity index (χ2n) is 7.92. The third-order valence-corrected chi connectivity index (χ3v) is 5.22. The van der Waals surface area contributed by atoms with Gasteiger partial charge in [0.05, 0.1) is 0 Å². The second-order valence-corrected chi connectivity index (χ2v) is 9.17. The van der Waals surface area contributed by atoms with Gasteiger partial charge in [-0.3, -0.25) is 0 Å². The Bertz CT molecular complexity index is 1050. The second kappa shape index (κ2) is 9.34. The fourth-order valence-corrected chi connectivity index (χ4v) is 3.71. The predicted molar refractivity (Wildman–Crippen MR) is 126 cm³/mol. The fraction of sp³-hybridized carbons (Fsp3) is 0.208. The molecule has 3 aromatic rings. The number of nitrogens with one attached hydrogen (secondary N) is 1. The number of hydrogen-bond acceptors (Lipinski definition) is 2. The first kappa shape index (κ1) is 22.5. The molecule has 156 valence electrons. The summed E-state index contributed by atoms with van der Waals surface area (Å²) in [6.45, 7) is 5.98. The highest BCUT2D eigenvalue weighted by atomic mass is 35.5. The summed E-state index contributed by atoms with van der Waals surface area (Å²) in [6, 6.07) is 19.2. The van der Waals surface area contributed by atoms with Gasteiger partial charge in [0, 0.05) is 26.7 Å². The monoisotopic (exact) mass is 461 g/mol. The van der Waals surface area contributed by atoms with Crippen LogP contribution in [0.2, 0.25) is 10.0 Å². The molecule has 2 nitrogen and oxygen atoms in total. The first-order valence-corrected chi connectivity index (χ1v) is 10.6. The number of hydrogen-bond donors (Lipinski definition) is 1. The molecule has 0 fully saturated rings. The molecule has 0 saturated heterocycles. The van der Waals surface area contributed by atoms with E-state index in [-0.39, 0.29) is 11.3 Å². The van der Waals surface area contributed by atoms with E-state index in [1.165, 1.54) is 6.07 Å². The molecule has 0 bridgehead atoms. The molecule has 1 unspecified atom stereocenters. The summed E-state index contributed by atoms with van der Waals surface area (Å²) in [5, 5.41) is 4.32. The van der Waals surface area contributed by atoms with Crippen LogP contribution in [0.1, 0.15) is 43.6 Å². The van der Waals surface area contributed by atoms with E-state index in [9.17, 15) is 4.39 Å². The molecule has 0 aromatic heterocycles. The highest BCUT2D eigenvalue weighted by Crippen LogP contribution is 2.34. The van der Waals surface area contributed by atoms with Gasteiger partial charge in [0.25, 0.3) is 0 Å². The lowest BCUT2D eigenvalue weighted by Gasteiger charge is -2.24. The molecular weight excluding hydrogens is 440 g/mol. The van der Waals surface area contributed by atoms with E-state index >= 15 is 0 Å². The van der Waals surface area contributed by atoms with Gasteiger partial charge in [-0.1, -0.05) is 65.8 Å². The number of benzene rings is 3. The van der Waals surface area contributed by atoms with Crippen molar-refractivity contribution in [3.63, 3.8) is 0 Å². The molecule has 0 heterocycles. The molecule has 0 aliphatic heterocycles. The van der Waals surface area contributed by atoms with Gasteiger partial charge in [0.1, 0.15) is 4.99 Å². The average Bonchev–Trinajstić information content (AvgIpc) is 2.67. The van der Waals surface area contributed by atoms with E-state index < -0.39 is 11.9 Å². The minimum Gasteiger partial charge on any atom is -0.478 e. The Hall–Kier alpha value is -2.14. The fourth-order valence-electron chi connectivity index (χ4n) is 2.91. The van der Waals surface area contributed by atoms with Crippen molar-refractivity contribution in [2.24, 2.45) is 0 Å². The predicted octanol–water partition coefficient (Wildman–Crippen LogP) is 7.36. The van der Waals surface area contributed by atoms with Crippen LogP contribution in [-0.2, 0) is 0 Å². The zero-order valence-electron chi connectivity index (χ0n) is 16.9. The molecule has 30 heavy (non-hydrogen) atoms. The summed E-state index contributed by atoms with van der Waals surface area (Å²) in [4.78, 5) is 0.480. The van der Waals surface area contributed by atoms with E-state index in [0.717, 1.165) is 11.1 Å². The van der Waals surface area contributed by atoms with E-state index in [2.05, 4.69) is 5.32 Å². The smallest absolute Gasteiger partial charge is 0.165 e. The first-order valence-electron chi connectivity index (χ1n) is 9.42. The van der Waals surface area contributed by atoms with Crippen molar-refractivity contribution in [3.05, 3.63) is 99.3 Å². The molecule has 0 radical (unpaired) electrons. The molecule has 0 spiro atoms. The van der Waals surface area contributed by atoms with Crippen molar-refractivity contribution < 1.29 is 9.13 Å². The largest absolute Gasteiger partial charge is 0.478 e. The maximum absolute atomic E-state index is 14.9. The first-order chi connectivity index (χ1) is 14.1. The van der Waals surface area contributed by atoms with Gasteiger partial charge in [0.2, 0.25) is 0 Å². The third kappa shape index (κ3) is 5.72. The minimum atomic E-state index is -0.601. The van der Waals surface area contributed by atoms with E-state index in [1.54, 1.807) is 30.3 Å². The van der Waals surface area contributed by atoms with E-state index in [4.69, 9.17) is 40.2 Å². The van der Waals surface area contributed by atoms with Crippen LogP contribution in [0.4, 0.5) is 4.39 Å². The Morgan fingerprint density at radius 3 is 2.27 bits per heavy atom. The number of ether oxygens (including phenoxy) is 1. The summed E-state index contributed by atoms with van der Waals surface area (Å²) < 4.78 is 21.0. The van der Waals surface area contributed by atoms with Crippen molar-refractivity contribution in [2.75, 3.05) is 0 Å². The van der Waals surface area contributed by atoms with Gasteiger partial charge >= 0.3 is 0 Å². The molecule has 0 aliphatic carbocycles. The van der Waals surface area contributed by atoms with Crippen LogP contribution in [0.25, 0.3) is 0 Å². The summed E-state index contributed by atoms with van der Waals surface area (Å²) in [5.41, 5.74) is 1.91. The number of thiocarbonyl (C=S) groups is 1. The lowest BCUT2D eigenvalue weighted by atomic mass is 10.0. The van der Waals surface area contributed by atoms with Crippen LogP contribution in [0.5, 0.6) is 5.75 Å². The Kier molecular flexibility index (Phi) is 7.02. The van der Waals surface area contributed by atoms with Crippen molar-refractivity contribution in [3.8, 4) is 5.75 Å². The van der Waals surface area contributed by atoms with Gasteiger partial charge in [-0.05, 0) is 62.7 Å². The number of halogens is 3. The third-order valence-electron chi connectivity index (χ3n) is 4.29. The zero-order chi connectivity index (χ0) is 21.9. The molecular formula is C24H22Cl2FNOS. The Labute approximate surface area is 192 Å². The summed E-state index contributed by atoms with van der Waals surface area (Å²) in [7, 11) is 0. The highest BCUT2D eigenvalue weighted by molar-refractivity contribution is 7.80. The average molecular weight is 462 g/mol. The summed E-state index contributed by atoms with van der Waals surface area (Å²) in [6.07, 6.45) is -0.601. The molecule has 1 N–H and O–H groups in total. The highest BCUT2D eigenvalue weighted by Gasteiger charge is 2.21. The normalized spacial score (nSPS) is 12.3. The molecule has 0 saturated carbocycles. The van der Waals surface area contributed by atoms with Crippen molar-refractivity contribution >= 4 is 40.4 Å². The molecule has 0 aliphatic rings. The minimum absolute atomic E-state index is 0.108. The lowest BCUT2D eigenvalue weighted by molar-refractivity contribution is 0.235. The van der Waals surface area contributed by atoms with Gasteiger partial charge < -0.3 is 10.1 Å². The van der Waals surface area contributed by atoms with Crippen LogP contribution < -0.4 is 10.1 Å². The van der Waals surface area contributed by atoms with Gasteiger partial charge in [0.15, 0.2) is 17.7 Å². The quantitative estimate of drug-likeness (QED) is 0.400. The van der Waals surface area contributed by atoms with Crippen LogP contribution >= 0.6 is 35.4 Å². The van der Waals surface area contributed by atoms with Gasteiger partial charge in [-0.2, -0.15) is 0 Å². The molecule has 6 heteroatoms. The van der Waals surface area contributed by atoms with Crippen molar-refractivity contribution in [1.82, 2.24) is 5.32 Å². The van der Waals surface area contributed by atoms with Crippen LogP contribution in [0.15, 0.2) is 66.7 Å². The van der Waals surface area contributed by atoms with Crippen molar-refractivity contribution in [2.45, 2.75) is 32.4 Å². The Morgan fingerprint density at radius 1 is 1.00 bits per heavy atom. The zero-order valence-corrected chi connectivity index (χ0v) is 19.2. The maximum atomic E-state index is 14.9.